The quantitative estimate of drug-likeness (QED) is 0.829. The Balaban J connectivity index is 1.92. The fourth-order valence-electron chi connectivity index (χ4n) is 4.07. The van der Waals surface area contributed by atoms with Gasteiger partial charge in [0, 0.05) is 25.1 Å². The van der Waals surface area contributed by atoms with Crippen molar-refractivity contribution in [2.75, 3.05) is 40.4 Å². The van der Waals surface area contributed by atoms with Gasteiger partial charge in [0.2, 0.25) is 0 Å². The van der Waals surface area contributed by atoms with Crippen LogP contribution in [0.5, 0.6) is 0 Å². The highest BCUT2D eigenvalue weighted by atomic mass is 16.5. The first-order valence-electron chi connectivity index (χ1n) is 8.05. The van der Waals surface area contributed by atoms with E-state index in [0.717, 1.165) is 31.7 Å². The molecule has 2 fully saturated rings. The van der Waals surface area contributed by atoms with Gasteiger partial charge in [0.25, 0.3) is 0 Å². The SMILES string of the molecule is COCC1(CN(C)C2CCCC(C)C2)CCNCC1. The van der Waals surface area contributed by atoms with Gasteiger partial charge in [0.1, 0.15) is 0 Å². The van der Waals surface area contributed by atoms with E-state index < -0.39 is 0 Å². The summed E-state index contributed by atoms with van der Waals surface area (Å²) >= 11 is 0. The number of hydrogen-bond acceptors (Lipinski definition) is 3. The third kappa shape index (κ3) is 4.17. The third-order valence-electron chi connectivity index (χ3n) is 5.23. The minimum absolute atomic E-state index is 0.384. The summed E-state index contributed by atoms with van der Waals surface area (Å²) in [6.45, 7) is 6.84. The Morgan fingerprint density at radius 3 is 2.63 bits per heavy atom. The van der Waals surface area contributed by atoms with Crippen LogP contribution in [0.1, 0.15) is 45.4 Å². The molecule has 0 radical (unpaired) electrons. The molecular formula is C16H32N2O. The van der Waals surface area contributed by atoms with E-state index in [0.29, 0.717) is 5.41 Å². The molecule has 3 nitrogen and oxygen atoms in total. The van der Waals surface area contributed by atoms with Gasteiger partial charge in [-0.3, -0.25) is 0 Å². The molecular weight excluding hydrogens is 236 g/mol. The second-order valence-corrected chi connectivity index (χ2v) is 7.02. The van der Waals surface area contributed by atoms with Crippen LogP contribution >= 0.6 is 0 Å². The van der Waals surface area contributed by atoms with Crippen LogP contribution in [0.15, 0.2) is 0 Å². The van der Waals surface area contributed by atoms with E-state index in [-0.39, 0.29) is 0 Å². The van der Waals surface area contributed by atoms with Crippen molar-refractivity contribution in [1.82, 2.24) is 10.2 Å². The van der Waals surface area contributed by atoms with Gasteiger partial charge in [-0.1, -0.05) is 19.8 Å². The first kappa shape index (κ1) is 15.3. The molecule has 0 aromatic carbocycles. The Hall–Kier alpha value is -0.120. The van der Waals surface area contributed by atoms with E-state index in [1.54, 1.807) is 0 Å². The number of ether oxygens (including phenoxy) is 1. The number of hydrogen-bond donors (Lipinski definition) is 1. The van der Waals surface area contributed by atoms with Crippen molar-refractivity contribution in [3.05, 3.63) is 0 Å². The highest BCUT2D eigenvalue weighted by Gasteiger charge is 2.35. The van der Waals surface area contributed by atoms with E-state index in [2.05, 4.69) is 24.2 Å². The molecule has 3 heteroatoms. The number of nitrogens with zero attached hydrogens (tertiary/aromatic N) is 1. The van der Waals surface area contributed by atoms with Crippen LogP contribution in [0.25, 0.3) is 0 Å². The van der Waals surface area contributed by atoms with Crippen LogP contribution in [0, 0.1) is 11.3 Å². The fourth-order valence-corrected chi connectivity index (χ4v) is 4.07. The molecule has 0 amide bonds. The second-order valence-electron chi connectivity index (χ2n) is 7.02. The van der Waals surface area contributed by atoms with Crippen LogP contribution in [0.4, 0.5) is 0 Å². The van der Waals surface area contributed by atoms with Gasteiger partial charge in [0.05, 0.1) is 6.61 Å². The van der Waals surface area contributed by atoms with Crippen LogP contribution in [-0.2, 0) is 4.74 Å². The van der Waals surface area contributed by atoms with Crippen LogP contribution in [-0.4, -0.2) is 51.3 Å². The topological polar surface area (TPSA) is 24.5 Å². The van der Waals surface area contributed by atoms with E-state index in [9.17, 15) is 0 Å². The summed E-state index contributed by atoms with van der Waals surface area (Å²) < 4.78 is 5.54. The maximum absolute atomic E-state index is 5.54. The Labute approximate surface area is 119 Å². The van der Waals surface area contributed by atoms with Gasteiger partial charge < -0.3 is 15.0 Å². The lowest BCUT2D eigenvalue weighted by Gasteiger charge is -2.43. The van der Waals surface area contributed by atoms with Gasteiger partial charge >= 0.3 is 0 Å². The summed E-state index contributed by atoms with van der Waals surface area (Å²) in [6, 6.07) is 0.798. The summed E-state index contributed by atoms with van der Waals surface area (Å²) in [6.07, 6.45) is 8.13. The number of piperidine rings is 1. The lowest BCUT2D eigenvalue weighted by atomic mass is 9.78. The molecule has 0 aromatic heterocycles. The molecule has 0 spiro atoms. The fraction of sp³-hybridized carbons (Fsp3) is 1.00. The summed E-state index contributed by atoms with van der Waals surface area (Å²) in [5.41, 5.74) is 0.384. The van der Waals surface area contributed by atoms with Crippen LogP contribution in [0.3, 0.4) is 0 Å². The van der Waals surface area contributed by atoms with E-state index in [1.165, 1.54) is 45.1 Å². The average Bonchev–Trinajstić information content (AvgIpc) is 2.40. The largest absolute Gasteiger partial charge is 0.384 e. The Morgan fingerprint density at radius 2 is 2.00 bits per heavy atom. The number of nitrogens with one attached hydrogen (secondary N) is 1. The van der Waals surface area contributed by atoms with Crippen molar-refractivity contribution in [3.8, 4) is 0 Å². The molecule has 1 aliphatic carbocycles. The van der Waals surface area contributed by atoms with E-state index in [1.807, 2.05) is 7.11 Å². The average molecular weight is 268 g/mol. The minimum atomic E-state index is 0.384. The molecule has 1 aliphatic heterocycles. The van der Waals surface area contributed by atoms with E-state index >= 15 is 0 Å². The predicted octanol–water partition coefficient (Wildman–Crippen LogP) is 2.51. The van der Waals surface area contributed by atoms with Gasteiger partial charge in [-0.25, -0.2) is 0 Å². The standard InChI is InChI=1S/C16H32N2O/c1-14-5-4-6-15(11-14)18(2)12-16(13-19-3)7-9-17-10-8-16/h14-15,17H,4-13H2,1-3H3. The first-order valence-corrected chi connectivity index (χ1v) is 8.05. The van der Waals surface area contributed by atoms with Crippen LogP contribution in [0.2, 0.25) is 0 Å². The minimum Gasteiger partial charge on any atom is -0.384 e. The molecule has 1 saturated heterocycles. The van der Waals surface area contributed by atoms with Crippen molar-refractivity contribution in [3.63, 3.8) is 0 Å². The van der Waals surface area contributed by atoms with Crippen molar-refractivity contribution in [2.24, 2.45) is 11.3 Å². The van der Waals surface area contributed by atoms with E-state index in [4.69, 9.17) is 4.74 Å². The Bertz CT molecular complexity index is 258. The Morgan fingerprint density at radius 1 is 1.26 bits per heavy atom. The predicted molar refractivity (Wildman–Crippen MR) is 80.5 cm³/mol. The zero-order valence-electron chi connectivity index (χ0n) is 13.1. The normalized spacial score (nSPS) is 31.6. The van der Waals surface area contributed by atoms with Gasteiger partial charge in [0.15, 0.2) is 0 Å². The molecule has 0 aromatic rings. The molecule has 19 heavy (non-hydrogen) atoms. The maximum Gasteiger partial charge on any atom is 0.0531 e. The van der Waals surface area contributed by atoms with Gasteiger partial charge in [-0.2, -0.15) is 0 Å². The summed E-state index contributed by atoms with van der Waals surface area (Å²) in [7, 11) is 4.19. The molecule has 2 aliphatic rings. The molecule has 1 saturated carbocycles. The molecule has 2 unspecified atom stereocenters. The molecule has 1 N–H and O–H groups in total. The molecule has 2 atom stereocenters. The van der Waals surface area contributed by atoms with Crippen molar-refractivity contribution in [2.45, 2.75) is 51.5 Å². The highest BCUT2D eigenvalue weighted by molar-refractivity contribution is 4.89. The van der Waals surface area contributed by atoms with Crippen molar-refractivity contribution < 1.29 is 4.74 Å². The summed E-state index contributed by atoms with van der Waals surface area (Å²) in [4.78, 5) is 2.64. The third-order valence-corrected chi connectivity index (χ3v) is 5.23. The lowest BCUT2D eigenvalue weighted by molar-refractivity contribution is 0.0115. The monoisotopic (exact) mass is 268 g/mol. The first-order chi connectivity index (χ1) is 9.15. The van der Waals surface area contributed by atoms with Gasteiger partial charge in [-0.05, 0) is 51.7 Å². The zero-order valence-corrected chi connectivity index (χ0v) is 13.1. The molecule has 1 heterocycles. The Kier molecular flexibility index (Phi) is 5.67. The number of methoxy groups -OCH3 is 1. The highest BCUT2D eigenvalue weighted by Crippen LogP contribution is 2.33. The molecule has 112 valence electrons. The zero-order chi connectivity index (χ0) is 13.7. The van der Waals surface area contributed by atoms with Crippen LogP contribution < -0.4 is 5.32 Å². The summed E-state index contributed by atoms with van der Waals surface area (Å²) in [5, 5.41) is 3.48. The van der Waals surface area contributed by atoms with Crippen molar-refractivity contribution in [1.29, 1.82) is 0 Å². The van der Waals surface area contributed by atoms with Gasteiger partial charge in [-0.15, -0.1) is 0 Å². The number of rotatable bonds is 5. The summed E-state index contributed by atoms with van der Waals surface area (Å²) in [5.74, 6) is 0.910. The van der Waals surface area contributed by atoms with Crippen molar-refractivity contribution >= 4 is 0 Å². The smallest absolute Gasteiger partial charge is 0.0531 e. The second kappa shape index (κ2) is 7.05. The molecule has 0 bridgehead atoms. The maximum atomic E-state index is 5.54. The lowest BCUT2D eigenvalue weighted by Crippen LogP contribution is -2.49. The molecule has 2 rings (SSSR count).